The number of ether oxygens (including phenoxy) is 1. The van der Waals surface area contributed by atoms with Crippen LogP contribution in [0.1, 0.15) is 51.9 Å². The van der Waals surface area contributed by atoms with E-state index in [0.29, 0.717) is 6.61 Å². The van der Waals surface area contributed by atoms with Crippen molar-refractivity contribution in [2.75, 3.05) is 6.61 Å². The van der Waals surface area contributed by atoms with Gasteiger partial charge in [-0.1, -0.05) is 39.0 Å². The Bertz CT molecular complexity index is 206. The number of hydrogen-bond donors (Lipinski definition) is 0. The van der Waals surface area contributed by atoms with Crippen molar-refractivity contribution in [2.45, 2.75) is 51.9 Å². The number of hydrogen-bond acceptors (Lipinski definition) is 2. The summed E-state index contributed by atoms with van der Waals surface area (Å²) in [6.07, 6.45) is 10.5. The third-order valence-electron chi connectivity index (χ3n) is 2.61. The van der Waals surface area contributed by atoms with Gasteiger partial charge in [-0.2, -0.15) is 0 Å². The second-order valence-electron chi connectivity index (χ2n) is 3.85. The molecule has 0 aromatic rings. The highest BCUT2D eigenvalue weighted by Crippen LogP contribution is 2.16. The Balaban J connectivity index is 1.96. The van der Waals surface area contributed by atoms with Crippen LogP contribution in [0.2, 0.25) is 0 Å². The Kier molecular flexibility index (Phi) is 5.35. The van der Waals surface area contributed by atoms with Gasteiger partial charge in [0.1, 0.15) is 6.61 Å². The summed E-state index contributed by atoms with van der Waals surface area (Å²) in [5.41, 5.74) is 0.889. The Morgan fingerprint density at radius 2 is 1.93 bits per heavy atom. The standard InChI is InChI=1S/C12H20O2/c1-2-3-4-5-6-7-8-11-9-10-14-12(11)13/h9H,2-8,10H2,1H3. The highest BCUT2D eigenvalue weighted by Gasteiger charge is 2.15. The molecule has 0 radical (unpaired) electrons. The summed E-state index contributed by atoms with van der Waals surface area (Å²) in [6.45, 7) is 2.71. The minimum Gasteiger partial charge on any atom is -0.458 e. The van der Waals surface area contributed by atoms with E-state index in [-0.39, 0.29) is 5.97 Å². The van der Waals surface area contributed by atoms with E-state index in [4.69, 9.17) is 4.74 Å². The van der Waals surface area contributed by atoms with Crippen LogP contribution in [-0.4, -0.2) is 12.6 Å². The molecule has 0 atom stereocenters. The lowest BCUT2D eigenvalue weighted by Gasteiger charge is -2.00. The molecule has 0 amide bonds. The van der Waals surface area contributed by atoms with Crippen LogP contribution in [0.5, 0.6) is 0 Å². The minimum atomic E-state index is -0.0986. The van der Waals surface area contributed by atoms with Crippen molar-refractivity contribution in [1.82, 2.24) is 0 Å². The van der Waals surface area contributed by atoms with Crippen molar-refractivity contribution in [2.24, 2.45) is 0 Å². The molecule has 0 spiro atoms. The molecule has 1 aliphatic heterocycles. The molecular formula is C12H20O2. The molecule has 1 aliphatic rings. The van der Waals surface area contributed by atoms with Crippen molar-refractivity contribution in [3.8, 4) is 0 Å². The second kappa shape index (κ2) is 6.63. The molecule has 0 aromatic carbocycles. The van der Waals surface area contributed by atoms with Crippen LogP contribution in [0.15, 0.2) is 11.6 Å². The summed E-state index contributed by atoms with van der Waals surface area (Å²) in [5.74, 6) is -0.0986. The molecule has 2 heteroatoms. The predicted molar refractivity (Wildman–Crippen MR) is 57.0 cm³/mol. The van der Waals surface area contributed by atoms with Crippen molar-refractivity contribution in [1.29, 1.82) is 0 Å². The zero-order valence-corrected chi connectivity index (χ0v) is 9.05. The van der Waals surface area contributed by atoms with E-state index in [1.807, 2.05) is 6.08 Å². The summed E-state index contributed by atoms with van der Waals surface area (Å²) in [5, 5.41) is 0. The van der Waals surface area contributed by atoms with Crippen LogP contribution in [0.4, 0.5) is 0 Å². The van der Waals surface area contributed by atoms with E-state index >= 15 is 0 Å². The lowest BCUT2D eigenvalue weighted by molar-refractivity contribution is -0.136. The van der Waals surface area contributed by atoms with Crippen molar-refractivity contribution >= 4 is 5.97 Å². The quantitative estimate of drug-likeness (QED) is 0.461. The molecule has 1 rings (SSSR count). The summed E-state index contributed by atoms with van der Waals surface area (Å²) >= 11 is 0. The second-order valence-corrected chi connectivity index (χ2v) is 3.85. The molecule has 0 saturated carbocycles. The van der Waals surface area contributed by atoms with E-state index < -0.39 is 0 Å². The van der Waals surface area contributed by atoms with Crippen LogP contribution < -0.4 is 0 Å². The predicted octanol–water partition coefficient (Wildman–Crippen LogP) is 3.22. The first-order valence-corrected chi connectivity index (χ1v) is 5.70. The Hall–Kier alpha value is -0.790. The molecule has 80 valence electrons. The fourth-order valence-electron chi connectivity index (χ4n) is 1.69. The molecule has 1 heterocycles. The monoisotopic (exact) mass is 196 g/mol. The molecule has 2 nitrogen and oxygen atoms in total. The van der Waals surface area contributed by atoms with Gasteiger partial charge in [0, 0.05) is 5.57 Å². The zero-order valence-electron chi connectivity index (χ0n) is 9.05. The molecule has 14 heavy (non-hydrogen) atoms. The fourth-order valence-corrected chi connectivity index (χ4v) is 1.69. The van der Waals surface area contributed by atoms with E-state index in [9.17, 15) is 4.79 Å². The van der Waals surface area contributed by atoms with Gasteiger partial charge >= 0.3 is 5.97 Å². The minimum absolute atomic E-state index is 0.0986. The maximum atomic E-state index is 11.0. The van der Waals surface area contributed by atoms with Gasteiger partial charge in [0.2, 0.25) is 0 Å². The largest absolute Gasteiger partial charge is 0.458 e. The van der Waals surface area contributed by atoms with Gasteiger partial charge in [-0.05, 0) is 18.9 Å². The lowest BCUT2D eigenvalue weighted by Crippen LogP contribution is -1.99. The topological polar surface area (TPSA) is 26.3 Å². The van der Waals surface area contributed by atoms with Crippen LogP contribution in [0.3, 0.4) is 0 Å². The Morgan fingerprint density at radius 1 is 1.21 bits per heavy atom. The normalized spacial score (nSPS) is 15.5. The van der Waals surface area contributed by atoms with E-state index in [1.54, 1.807) is 0 Å². The molecule has 0 aromatic heterocycles. The van der Waals surface area contributed by atoms with Crippen LogP contribution in [-0.2, 0) is 9.53 Å². The number of cyclic esters (lactones) is 1. The maximum Gasteiger partial charge on any atom is 0.334 e. The van der Waals surface area contributed by atoms with E-state index in [0.717, 1.165) is 18.4 Å². The number of esters is 1. The number of carbonyl (C=O) groups is 1. The Morgan fingerprint density at radius 3 is 2.57 bits per heavy atom. The summed E-state index contributed by atoms with van der Waals surface area (Å²) < 4.78 is 4.83. The number of rotatable bonds is 7. The average molecular weight is 196 g/mol. The molecule has 0 aliphatic carbocycles. The van der Waals surface area contributed by atoms with Crippen molar-refractivity contribution in [3.63, 3.8) is 0 Å². The maximum absolute atomic E-state index is 11.0. The smallest absolute Gasteiger partial charge is 0.334 e. The van der Waals surface area contributed by atoms with Gasteiger partial charge in [0.25, 0.3) is 0 Å². The first-order chi connectivity index (χ1) is 6.84. The van der Waals surface area contributed by atoms with Crippen molar-refractivity contribution < 1.29 is 9.53 Å². The van der Waals surface area contributed by atoms with Crippen molar-refractivity contribution in [3.05, 3.63) is 11.6 Å². The van der Waals surface area contributed by atoms with E-state index in [2.05, 4.69) is 6.92 Å². The summed E-state index contributed by atoms with van der Waals surface area (Å²) in [6, 6.07) is 0. The molecule has 0 fully saturated rings. The zero-order chi connectivity index (χ0) is 10.2. The van der Waals surface area contributed by atoms with Gasteiger partial charge in [0.15, 0.2) is 0 Å². The van der Waals surface area contributed by atoms with E-state index in [1.165, 1.54) is 32.1 Å². The highest BCUT2D eigenvalue weighted by molar-refractivity contribution is 5.90. The third-order valence-corrected chi connectivity index (χ3v) is 2.61. The van der Waals surface area contributed by atoms with Gasteiger partial charge in [0.05, 0.1) is 0 Å². The van der Waals surface area contributed by atoms with Crippen LogP contribution in [0.25, 0.3) is 0 Å². The first kappa shape index (κ1) is 11.3. The molecule has 0 saturated heterocycles. The number of unbranched alkanes of at least 4 members (excludes halogenated alkanes) is 5. The van der Waals surface area contributed by atoms with Gasteiger partial charge in [-0.15, -0.1) is 0 Å². The third kappa shape index (κ3) is 3.95. The average Bonchev–Trinajstić information content (AvgIpc) is 2.58. The molecule has 0 bridgehead atoms. The first-order valence-electron chi connectivity index (χ1n) is 5.70. The van der Waals surface area contributed by atoms with Crippen LogP contribution in [0, 0.1) is 0 Å². The molecule has 0 N–H and O–H groups in total. The highest BCUT2D eigenvalue weighted by atomic mass is 16.5. The summed E-state index contributed by atoms with van der Waals surface area (Å²) in [4.78, 5) is 11.0. The van der Waals surface area contributed by atoms with Gasteiger partial charge in [-0.3, -0.25) is 0 Å². The fraction of sp³-hybridized carbons (Fsp3) is 0.750. The van der Waals surface area contributed by atoms with Crippen LogP contribution >= 0.6 is 0 Å². The van der Waals surface area contributed by atoms with Gasteiger partial charge < -0.3 is 4.74 Å². The summed E-state index contributed by atoms with van der Waals surface area (Å²) in [7, 11) is 0. The molecule has 0 unspecified atom stereocenters. The Labute approximate surface area is 86.3 Å². The van der Waals surface area contributed by atoms with Gasteiger partial charge in [-0.25, -0.2) is 4.79 Å². The lowest BCUT2D eigenvalue weighted by atomic mass is 10.1. The number of carbonyl (C=O) groups excluding carboxylic acids is 1. The SMILES string of the molecule is CCCCCCCCC1=CCOC1=O. The molecular weight excluding hydrogens is 176 g/mol.